The summed E-state index contributed by atoms with van der Waals surface area (Å²) in [4.78, 5) is 42.5. The second kappa shape index (κ2) is 16.3. The van der Waals surface area contributed by atoms with Crippen molar-refractivity contribution in [2.24, 2.45) is 5.41 Å². The van der Waals surface area contributed by atoms with E-state index in [1.807, 2.05) is 110 Å². The lowest BCUT2D eigenvalue weighted by atomic mass is 9.83. The molecular formula is C45H48F2N4O4. The summed E-state index contributed by atoms with van der Waals surface area (Å²) in [5.41, 5.74) is 6.09. The van der Waals surface area contributed by atoms with Gasteiger partial charge in [-0.25, -0.2) is 13.6 Å². The lowest BCUT2D eigenvalue weighted by molar-refractivity contribution is -0.134. The molecule has 0 bridgehead atoms. The highest BCUT2D eigenvalue weighted by molar-refractivity contribution is 5.85. The molecular weight excluding hydrogens is 699 g/mol. The Morgan fingerprint density at radius 2 is 1.45 bits per heavy atom. The molecule has 1 aliphatic rings. The van der Waals surface area contributed by atoms with E-state index in [-0.39, 0.29) is 37.0 Å². The van der Waals surface area contributed by atoms with Crippen molar-refractivity contribution >= 4 is 17.9 Å². The summed E-state index contributed by atoms with van der Waals surface area (Å²) in [5.74, 6) is -1.92. The van der Waals surface area contributed by atoms with Gasteiger partial charge in [-0.05, 0) is 70.8 Å². The van der Waals surface area contributed by atoms with Gasteiger partial charge < -0.3 is 19.9 Å². The molecule has 55 heavy (non-hydrogen) atoms. The van der Waals surface area contributed by atoms with Crippen LogP contribution in [-0.4, -0.2) is 63.1 Å². The highest BCUT2D eigenvalue weighted by Gasteiger charge is 2.37. The molecule has 0 saturated carbocycles. The number of aromatic nitrogens is 1. The summed E-state index contributed by atoms with van der Waals surface area (Å²) < 4.78 is 31.4. The van der Waals surface area contributed by atoms with E-state index in [2.05, 4.69) is 5.32 Å². The van der Waals surface area contributed by atoms with Crippen molar-refractivity contribution in [3.8, 4) is 22.3 Å². The Balaban J connectivity index is 1.19. The first-order valence-corrected chi connectivity index (χ1v) is 18.7. The fraction of sp³-hybridized carbons (Fsp3) is 0.311. The van der Waals surface area contributed by atoms with Gasteiger partial charge >= 0.3 is 6.09 Å². The van der Waals surface area contributed by atoms with Gasteiger partial charge in [-0.3, -0.25) is 14.5 Å². The monoisotopic (exact) mass is 746 g/mol. The van der Waals surface area contributed by atoms with Crippen molar-refractivity contribution in [1.82, 2.24) is 19.7 Å². The zero-order valence-electron chi connectivity index (χ0n) is 31.9. The van der Waals surface area contributed by atoms with Gasteiger partial charge in [-0.2, -0.15) is 0 Å². The Hall–Kier alpha value is -5.77. The molecule has 6 rings (SSSR count). The molecule has 2 N–H and O–H groups in total. The van der Waals surface area contributed by atoms with Crippen molar-refractivity contribution in [1.29, 1.82) is 0 Å². The van der Waals surface area contributed by atoms with Gasteiger partial charge in [-0.15, -0.1) is 0 Å². The SMILES string of the molecule is CC(=O)N(CCCNC(=O)C(C)N(CC1c2ccccc2-c2ccccc21)C(=O)O)C(c1cc(-c2cc(F)ccc2F)cn1Cc1ccccc1)C(C)(C)C. The first kappa shape index (κ1) is 38.9. The average molecular weight is 747 g/mol. The second-order valence-corrected chi connectivity index (χ2v) is 15.4. The summed E-state index contributed by atoms with van der Waals surface area (Å²) in [6, 6.07) is 29.4. The van der Waals surface area contributed by atoms with Gasteiger partial charge in [0, 0.05) is 62.0 Å². The van der Waals surface area contributed by atoms with E-state index in [1.165, 1.54) is 17.9 Å². The third-order valence-corrected chi connectivity index (χ3v) is 10.5. The average Bonchev–Trinajstić information content (AvgIpc) is 3.70. The van der Waals surface area contributed by atoms with Crippen LogP contribution in [0.5, 0.6) is 0 Å². The van der Waals surface area contributed by atoms with Crippen LogP contribution in [-0.2, 0) is 16.1 Å². The summed E-state index contributed by atoms with van der Waals surface area (Å²) in [6.07, 6.45) is 1.01. The fourth-order valence-corrected chi connectivity index (χ4v) is 7.89. The number of amides is 3. The highest BCUT2D eigenvalue weighted by atomic mass is 19.1. The normalized spacial score (nSPS) is 13.4. The molecule has 10 heteroatoms. The van der Waals surface area contributed by atoms with Gasteiger partial charge in [0.1, 0.15) is 17.7 Å². The zero-order valence-corrected chi connectivity index (χ0v) is 31.9. The number of hydrogen-bond acceptors (Lipinski definition) is 3. The van der Waals surface area contributed by atoms with E-state index in [1.54, 1.807) is 18.0 Å². The molecule has 8 nitrogen and oxygen atoms in total. The minimum atomic E-state index is -1.18. The fourth-order valence-electron chi connectivity index (χ4n) is 7.89. The molecule has 0 aliphatic heterocycles. The van der Waals surface area contributed by atoms with Gasteiger partial charge in [0.05, 0.1) is 6.04 Å². The number of benzene rings is 4. The number of carboxylic acid groups (broad SMARTS) is 1. The Bertz CT molecular complexity index is 2130. The molecule has 5 aromatic rings. The number of carbonyl (C=O) groups excluding carboxylic acids is 2. The van der Waals surface area contributed by atoms with E-state index >= 15 is 4.39 Å². The number of nitrogens with one attached hydrogen (secondary N) is 1. The largest absolute Gasteiger partial charge is 0.465 e. The molecule has 0 radical (unpaired) electrons. The maximum Gasteiger partial charge on any atom is 0.408 e. The lowest BCUT2D eigenvalue weighted by Gasteiger charge is -2.40. The molecule has 1 aromatic heterocycles. The van der Waals surface area contributed by atoms with Crippen LogP contribution in [0.4, 0.5) is 13.6 Å². The Kier molecular flexibility index (Phi) is 11.5. The standard InChI is InChI=1S/C45H48F2N4O4/c1-29(51(44(54)55)28-39-36-18-11-9-16-34(36)35-17-10-12-19-37(35)39)43(53)48-22-13-23-50(30(2)52)42(45(3,4)5)41-24-32(38-25-33(46)20-21-40(38)47)27-49(41)26-31-14-7-6-8-15-31/h6-12,14-21,24-25,27,29,39,42H,13,22-23,26,28H2,1-5H3,(H,48,53)(H,54,55). The van der Waals surface area contributed by atoms with Gasteiger partial charge in [0.2, 0.25) is 11.8 Å². The molecule has 0 fully saturated rings. The Morgan fingerprint density at radius 1 is 0.836 bits per heavy atom. The quantitative estimate of drug-likeness (QED) is 0.118. The summed E-state index contributed by atoms with van der Waals surface area (Å²) >= 11 is 0. The maximum absolute atomic E-state index is 15.1. The van der Waals surface area contributed by atoms with E-state index in [0.717, 1.165) is 45.6 Å². The van der Waals surface area contributed by atoms with Crippen molar-refractivity contribution in [3.63, 3.8) is 0 Å². The minimum Gasteiger partial charge on any atom is -0.465 e. The summed E-state index contributed by atoms with van der Waals surface area (Å²) in [6.45, 7) is 10.2. The number of nitrogens with zero attached hydrogens (tertiary/aromatic N) is 3. The predicted octanol–water partition coefficient (Wildman–Crippen LogP) is 9.10. The Labute approximate surface area is 321 Å². The van der Waals surface area contributed by atoms with Crippen molar-refractivity contribution in [3.05, 3.63) is 143 Å². The molecule has 1 heterocycles. The number of rotatable bonds is 13. The summed E-state index contributed by atoms with van der Waals surface area (Å²) in [5, 5.41) is 13.2. The maximum atomic E-state index is 15.1. The van der Waals surface area contributed by atoms with Crippen LogP contribution in [0.3, 0.4) is 0 Å². The van der Waals surface area contributed by atoms with Crippen molar-refractivity contribution in [2.75, 3.05) is 19.6 Å². The molecule has 286 valence electrons. The van der Waals surface area contributed by atoms with E-state index in [4.69, 9.17) is 0 Å². The molecule has 4 aromatic carbocycles. The third-order valence-electron chi connectivity index (χ3n) is 10.5. The minimum absolute atomic E-state index is 0.119. The van der Waals surface area contributed by atoms with Gasteiger partial charge in [-0.1, -0.05) is 99.6 Å². The van der Waals surface area contributed by atoms with E-state index < -0.39 is 41.1 Å². The lowest BCUT2D eigenvalue weighted by Crippen LogP contribution is -2.49. The van der Waals surface area contributed by atoms with Crippen molar-refractivity contribution in [2.45, 2.75) is 65.6 Å². The third kappa shape index (κ3) is 8.48. The molecule has 1 aliphatic carbocycles. The molecule has 3 amide bonds. The van der Waals surface area contributed by atoms with Crippen LogP contribution in [0.2, 0.25) is 0 Å². The van der Waals surface area contributed by atoms with Crippen LogP contribution in [0.25, 0.3) is 22.3 Å². The van der Waals surface area contributed by atoms with Crippen LogP contribution in [0, 0.1) is 17.0 Å². The number of fused-ring (bicyclic) bond motifs is 3. The molecule has 0 saturated heterocycles. The topological polar surface area (TPSA) is 94.9 Å². The van der Waals surface area contributed by atoms with Gasteiger partial charge in [0.25, 0.3) is 0 Å². The van der Waals surface area contributed by atoms with Crippen LogP contribution >= 0.6 is 0 Å². The first-order valence-electron chi connectivity index (χ1n) is 18.7. The molecule has 0 spiro atoms. The second-order valence-electron chi connectivity index (χ2n) is 15.4. The number of carbonyl (C=O) groups is 3. The summed E-state index contributed by atoms with van der Waals surface area (Å²) in [7, 11) is 0. The first-order chi connectivity index (χ1) is 26.2. The number of hydrogen-bond donors (Lipinski definition) is 2. The van der Waals surface area contributed by atoms with Crippen LogP contribution in [0.15, 0.2) is 109 Å². The van der Waals surface area contributed by atoms with E-state index in [0.29, 0.717) is 18.5 Å². The van der Waals surface area contributed by atoms with Crippen molar-refractivity contribution < 1.29 is 28.3 Å². The van der Waals surface area contributed by atoms with Crippen LogP contribution in [0.1, 0.15) is 75.4 Å². The Morgan fingerprint density at radius 3 is 2.05 bits per heavy atom. The van der Waals surface area contributed by atoms with E-state index in [9.17, 15) is 23.9 Å². The van der Waals surface area contributed by atoms with Crippen LogP contribution < -0.4 is 5.32 Å². The van der Waals surface area contributed by atoms with Gasteiger partial charge in [0.15, 0.2) is 0 Å². The molecule has 2 atom stereocenters. The highest BCUT2D eigenvalue weighted by Crippen LogP contribution is 2.45. The smallest absolute Gasteiger partial charge is 0.408 e. The number of halogens is 2. The predicted molar refractivity (Wildman–Crippen MR) is 210 cm³/mol. The zero-order chi connectivity index (χ0) is 39.4. The molecule has 2 unspecified atom stereocenters.